The molecule has 6 nitrogen and oxygen atoms in total. The Bertz CT molecular complexity index is 554. The van der Waals surface area contributed by atoms with Gasteiger partial charge in [-0.3, -0.25) is 4.79 Å². The molecule has 0 bridgehead atoms. The SMILES string of the molecule is Cc1nnc(CNC(=O)COc2ccc(Cl)cc2)o1. The maximum absolute atomic E-state index is 11.5. The number of nitrogens with one attached hydrogen (secondary N) is 1. The van der Waals surface area contributed by atoms with Gasteiger partial charge in [0.2, 0.25) is 11.8 Å². The zero-order chi connectivity index (χ0) is 13.7. The van der Waals surface area contributed by atoms with Crippen molar-refractivity contribution in [3.63, 3.8) is 0 Å². The standard InChI is InChI=1S/C12H12ClN3O3/c1-8-15-16-12(19-8)6-14-11(17)7-18-10-4-2-9(13)3-5-10/h2-5H,6-7H2,1H3,(H,14,17). The topological polar surface area (TPSA) is 77.2 Å². The zero-order valence-corrected chi connectivity index (χ0v) is 11.0. The van der Waals surface area contributed by atoms with Crippen molar-refractivity contribution in [3.8, 4) is 5.75 Å². The molecular weight excluding hydrogens is 270 g/mol. The Morgan fingerprint density at radius 2 is 2.11 bits per heavy atom. The summed E-state index contributed by atoms with van der Waals surface area (Å²) in [7, 11) is 0. The number of hydrogen-bond donors (Lipinski definition) is 1. The number of aromatic nitrogens is 2. The van der Waals surface area contributed by atoms with Crippen molar-refractivity contribution in [1.29, 1.82) is 0 Å². The predicted molar refractivity (Wildman–Crippen MR) is 67.8 cm³/mol. The number of aryl methyl sites for hydroxylation is 1. The fraction of sp³-hybridized carbons (Fsp3) is 0.250. The van der Waals surface area contributed by atoms with E-state index in [2.05, 4.69) is 15.5 Å². The second-order valence-electron chi connectivity index (χ2n) is 3.73. The molecule has 0 radical (unpaired) electrons. The number of nitrogens with zero attached hydrogens (tertiary/aromatic N) is 2. The summed E-state index contributed by atoms with van der Waals surface area (Å²) < 4.78 is 10.4. The highest BCUT2D eigenvalue weighted by molar-refractivity contribution is 6.30. The monoisotopic (exact) mass is 281 g/mol. The van der Waals surface area contributed by atoms with E-state index in [1.54, 1.807) is 31.2 Å². The van der Waals surface area contributed by atoms with Crippen molar-refractivity contribution in [2.75, 3.05) is 6.61 Å². The normalized spacial score (nSPS) is 10.2. The first kappa shape index (κ1) is 13.4. The number of amides is 1. The highest BCUT2D eigenvalue weighted by Gasteiger charge is 2.06. The number of rotatable bonds is 5. The van der Waals surface area contributed by atoms with Crippen molar-refractivity contribution in [1.82, 2.24) is 15.5 Å². The van der Waals surface area contributed by atoms with Gasteiger partial charge in [0.25, 0.3) is 5.91 Å². The maximum Gasteiger partial charge on any atom is 0.258 e. The molecule has 2 aromatic rings. The van der Waals surface area contributed by atoms with E-state index in [4.69, 9.17) is 20.8 Å². The van der Waals surface area contributed by atoms with Crippen LogP contribution in [-0.2, 0) is 11.3 Å². The van der Waals surface area contributed by atoms with Crippen LogP contribution in [0.4, 0.5) is 0 Å². The average molecular weight is 282 g/mol. The van der Waals surface area contributed by atoms with Crippen LogP contribution in [0.15, 0.2) is 28.7 Å². The quantitative estimate of drug-likeness (QED) is 0.903. The fourth-order valence-corrected chi connectivity index (χ4v) is 1.44. The third-order valence-electron chi connectivity index (χ3n) is 2.19. The lowest BCUT2D eigenvalue weighted by Crippen LogP contribution is -2.28. The molecule has 0 atom stereocenters. The second-order valence-corrected chi connectivity index (χ2v) is 4.17. The van der Waals surface area contributed by atoms with E-state index in [1.807, 2.05) is 0 Å². The first-order chi connectivity index (χ1) is 9.13. The van der Waals surface area contributed by atoms with Gasteiger partial charge in [0, 0.05) is 11.9 Å². The minimum absolute atomic E-state index is 0.0885. The molecule has 0 saturated heterocycles. The molecule has 0 aliphatic carbocycles. The van der Waals surface area contributed by atoms with E-state index in [1.165, 1.54) is 0 Å². The molecule has 0 saturated carbocycles. The lowest BCUT2D eigenvalue weighted by atomic mass is 10.3. The van der Waals surface area contributed by atoms with Crippen LogP contribution in [-0.4, -0.2) is 22.7 Å². The summed E-state index contributed by atoms with van der Waals surface area (Å²) in [6.45, 7) is 1.78. The molecule has 2 rings (SSSR count). The van der Waals surface area contributed by atoms with Crippen LogP contribution in [0.25, 0.3) is 0 Å². The third-order valence-corrected chi connectivity index (χ3v) is 2.44. The smallest absolute Gasteiger partial charge is 0.258 e. The van der Waals surface area contributed by atoms with Gasteiger partial charge in [-0.05, 0) is 24.3 Å². The van der Waals surface area contributed by atoms with E-state index >= 15 is 0 Å². The highest BCUT2D eigenvalue weighted by atomic mass is 35.5. The van der Waals surface area contributed by atoms with Gasteiger partial charge in [-0.15, -0.1) is 10.2 Å². The van der Waals surface area contributed by atoms with Crippen molar-refractivity contribution in [2.24, 2.45) is 0 Å². The van der Waals surface area contributed by atoms with Gasteiger partial charge >= 0.3 is 0 Å². The molecule has 0 fully saturated rings. The van der Waals surface area contributed by atoms with E-state index in [-0.39, 0.29) is 19.1 Å². The Morgan fingerprint density at radius 1 is 1.37 bits per heavy atom. The highest BCUT2D eigenvalue weighted by Crippen LogP contribution is 2.15. The zero-order valence-electron chi connectivity index (χ0n) is 10.2. The van der Waals surface area contributed by atoms with E-state index in [0.29, 0.717) is 22.6 Å². The summed E-state index contributed by atoms with van der Waals surface area (Å²) in [6.07, 6.45) is 0. The molecule has 1 aromatic carbocycles. The molecule has 1 amide bonds. The Morgan fingerprint density at radius 3 is 2.74 bits per heavy atom. The van der Waals surface area contributed by atoms with E-state index in [0.717, 1.165) is 0 Å². The molecule has 1 heterocycles. The molecule has 1 aromatic heterocycles. The first-order valence-corrected chi connectivity index (χ1v) is 5.95. The summed E-state index contributed by atoms with van der Waals surface area (Å²) in [4.78, 5) is 11.5. The van der Waals surface area contributed by atoms with Gasteiger partial charge in [0.15, 0.2) is 6.61 Å². The molecular formula is C12H12ClN3O3. The Labute approximate surface area is 114 Å². The van der Waals surface area contributed by atoms with Crippen LogP contribution in [0.2, 0.25) is 5.02 Å². The molecule has 0 aliphatic heterocycles. The van der Waals surface area contributed by atoms with Crippen molar-refractivity contribution in [2.45, 2.75) is 13.5 Å². The Kier molecular flexibility index (Phi) is 4.35. The van der Waals surface area contributed by atoms with Crippen LogP contribution < -0.4 is 10.1 Å². The second kappa shape index (κ2) is 6.19. The van der Waals surface area contributed by atoms with Gasteiger partial charge < -0.3 is 14.5 Å². The minimum atomic E-state index is -0.272. The molecule has 19 heavy (non-hydrogen) atoms. The van der Waals surface area contributed by atoms with E-state index < -0.39 is 0 Å². The van der Waals surface area contributed by atoms with Crippen LogP contribution in [0.3, 0.4) is 0 Å². The van der Waals surface area contributed by atoms with Crippen LogP contribution in [0, 0.1) is 6.92 Å². The van der Waals surface area contributed by atoms with E-state index in [9.17, 15) is 4.79 Å². The summed E-state index contributed by atoms with van der Waals surface area (Å²) in [5.74, 6) is 1.12. The summed E-state index contributed by atoms with van der Waals surface area (Å²) in [5.41, 5.74) is 0. The molecule has 0 aliphatic rings. The van der Waals surface area contributed by atoms with Crippen molar-refractivity contribution in [3.05, 3.63) is 41.1 Å². The number of halogens is 1. The summed E-state index contributed by atoms with van der Waals surface area (Å²) >= 11 is 5.74. The largest absolute Gasteiger partial charge is 0.484 e. The molecule has 0 unspecified atom stereocenters. The van der Waals surface area contributed by atoms with Gasteiger partial charge in [-0.2, -0.15) is 0 Å². The Hall–Kier alpha value is -2.08. The predicted octanol–water partition coefficient (Wildman–Crippen LogP) is 1.73. The van der Waals surface area contributed by atoms with Crippen LogP contribution in [0.1, 0.15) is 11.8 Å². The molecule has 100 valence electrons. The average Bonchev–Trinajstić information content (AvgIpc) is 2.81. The number of carbonyl (C=O) groups is 1. The van der Waals surface area contributed by atoms with Gasteiger partial charge in [-0.25, -0.2) is 0 Å². The maximum atomic E-state index is 11.5. The Balaban J connectivity index is 1.74. The first-order valence-electron chi connectivity index (χ1n) is 5.57. The summed E-state index contributed by atoms with van der Waals surface area (Å²) in [6, 6.07) is 6.76. The lowest BCUT2D eigenvalue weighted by Gasteiger charge is -2.06. The van der Waals surface area contributed by atoms with Gasteiger partial charge in [0.1, 0.15) is 5.75 Å². The number of carbonyl (C=O) groups excluding carboxylic acids is 1. The molecule has 0 spiro atoms. The van der Waals surface area contributed by atoms with Gasteiger partial charge in [-0.1, -0.05) is 11.6 Å². The number of benzene rings is 1. The van der Waals surface area contributed by atoms with Crippen LogP contribution in [0.5, 0.6) is 5.75 Å². The van der Waals surface area contributed by atoms with Crippen molar-refractivity contribution < 1.29 is 13.9 Å². The number of ether oxygens (including phenoxy) is 1. The number of hydrogen-bond acceptors (Lipinski definition) is 5. The lowest BCUT2D eigenvalue weighted by molar-refractivity contribution is -0.123. The third kappa shape index (κ3) is 4.26. The molecule has 1 N–H and O–H groups in total. The molecule has 7 heteroatoms. The fourth-order valence-electron chi connectivity index (χ4n) is 1.31. The van der Waals surface area contributed by atoms with Gasteiger partial charge in [0.05, 0.1) is 6.54 Å². The minimum Gasteiger partial charge on any atom is -0.484 e. The summed E-state index contributed by atoms with van der Waals surface area (Å²) in [5, 5.41) is 10.6. The van der Waals surface area contributed by atoms with Crippen LogP contribution >= 0.6 is 11.6 Å². The van der Waals surface area contributed by atoms with Crippen molar-refractivity contribution >= 4 is 17.5 Å².